The van der Waals surface area contributed by atoms with Gasteiger partial charge in [-0.2, -0.15) is 8.42 Å². The van der Waals surface area contributed by atoms with Gasteiger partial charge < -0.3 is 0 Å². The number of halogens is 1. The lowest BCUT2D eigenvalue weighted by atomic mass is 10.0. The lowest BCUT2D eigenvalue weighted by Gasteiger charge is -2.20. The highest BCUT2D eigenvalue weighted by Crippen LogP contribution is 2.24. The predicted molar refractivity (Wildman–Crippen MR) is 68.9 cm³/mol. The Morgan fingerprint density at radius 3 is 2.35 bits per heavy atom. The predicted octanol–water partition coefficient (Wildman–Crippen LogP) is 2.00. The van der Waals surface area contributed by atoms with Crippen molar-refractivity contribution in [2.45, 2.75) is 11.2 Å². The molecule has 0 aliphatic rings. The summed E-state index contributed by atoms with van der Waals surface area (Å²) in [6.45, 7) is 1.34. The Morgan fingerprint density at radius 2 is 1.88 bits per heavy atom. The number of benzene rings is 1. The number of Topliss-reactive ketones (excluding diaryl/α,β-unsaturated/α-hetero) is 1. The molecule has 1 aromatic rings. The minimum atomic E-state index is -3.56. The molecule has 4 nitrogen and oxygen atoms in total. The van der Waals surface area contributed by atoms with Gasteiger partial charge in [-0.25, -0.2) is 0 Å². The van der Waals surface area contributed by atoms with Gasteiger partial charge >= 0.3 is 0 Å². The van der Waals surface area contributed by atoms with Crippen LogP contribution in [-0.2, 0) is 14.3 Å². The molecule has 1 unspecified atom stereocenters. The first-order chi connectivity index (χ1) is 7.72. The number of hydrogen-bond acceptors (Lipinski definition) is 4. The minimum absolute atomic E-state index is 0.221. The van der Waals surface area contributed by atoms with Gasteiger partial charge in [0, 0.05) is 5.56 Å². The van der Waals surface area contributed by atoms with Crippen molar-refractivity contribution < 1.29 is 17.4 Å². The topological polar surface area (TPSA) is 60.4 Å². The molecule has 1 atom stereocenters. The van der Waals surface area contributed by atoms with Crippen molar-refractivity contribution in [2.75, 3.05) is 12.9 Å². The summed E-state index contributed by atoms with van der Waals surface area (Å²) in [5.74, 6) is -0.221. The monoisotopic (exact) mass is 320 g/mol. The summed E-state index contributed by atoms with van der Waals surface area (Å²) in [5, 5.41) is 0. The van der Waals surface area contributed by atoms with E-state index in [1.165, 1.54) is 0 Å². The van der Waals surface area contributed by atoms with E-state index in [2.05, 4.69) is 20.1 Å². The highest BCUT2D eigenvalue weighted by atomic mass is 79.9. The van der Waals surface area contributed by atoms with Crippen molar-refractivity contribution in [3.63, 3.8) is 0 Å². The number of rotatable bonds is 5. The van der Waals surface area contributed by atoms with E-state index in [4.69, 9.17) is 0 Å². The summed E-state index contributed by atoms with van der Waals surface area (Å²) in [7, 11) is -3.56. The molecule has 0 spiro atoms. The fourth-order valence-corrected chi connectivity index (χ4v) is 2.12. The second-order valence-corrected chi connectivity index (χ2v) is 7.25. The smallest absolute Gasteiger partial charge is 0.264 e. The fourth-order valence-electron chi connectivity index (χ4n) is 1.17. The van der Waals surface area contributed by atoms with Crippen LogP contribution in [0, 0.1) is 0 Å². The van der Waals surface area contributed by atoms with Crippen molar-refractivity contribution in [2.24, 2.45) is 0 Å². The Hall–Kier alpha value is -0.720. The normalized spacial score (nSPS) is 15.2. The van der Waals surface area contributed by atoms with E-state index in [1.54, 1.807) is 37.3 Å². The maximum absolute atomic E-state index is 12.1. The standard InChI is InChI=1S/C11H13BrO4S/c1-11(12,8-16-17(2,14)15)10(13)9-6-4-3-5-7-9/h3-7H,8H2,1-2H3. The summed E-state index contributed by atoms with van der Waals surface area (Å²) >= 11 is 3.20. The van der Waals surface area contributed by atoms with Crippen LogP contribution in [0.5, 0.6) is 0 Å². The van der Waals surface area contributed by atoms with E-state index in [1.807, 2.05) is 0 Å². The zero-order valence-corrected chi connectivity index (χ0v) is 11.9. The summed E-state index contributed by atoms with van der Waals surface area (Å²) in [6, 6.07) is 8.63. The SMILES string of the molecule is CC(Br)(COS(C)(=O)=O)C(=O)c1ccccc1. The third-order valence-corrected chi connectivity index (χ3v) is 3.19. The number of ketones is 1. The summed E-state index contributed by atoms with van der Waals surface area (Å²) in [5.41, 5.74) is 0.504. The molecule has 0 bridgehead atoms. The van der Waals surface area contributed by atoms with Crippen molar-refractivity contribution in [3.05, 3.63) is 35.9 Å². The average molecular weight is 321 g/mol. The van der Waals surface area contributed by atoms with Crippen molar-refractivity contribution in [3.8, 4) is 0 Å². The first kappa shape index (κ1) is 14.3. The van der Waals surface area contributed by atoms with Crippen LogP contribution in [0.3, 0.4) is 0 Å². The van der Waals surface area contributed by atoms with Crippen LogP contribution in [0.1, 0.15) is 17.3 Å². The quantitative estimate of drug-likeness (QED) is 0.473. The molecule has 0 radical (unpaired) electrons. The summed E-state index contributed by atoms with van der Waals surface area (Å²) in [4.78, 5) is 12.1. The lowest BCUT2D eigenvalue weighted by Crippen LogP contribution is -2.34. The van der Waals surface area contributed by atoms with E-state index >= 15 is 0 Å². The Morgan fingerprint density at radius 1 is 1.35 bits per heavy atom. The van der Waals surface area contributed by atoms with E-state index in [-0.39, 0.29) is 12.4 Å². The highest BCUT2D eigenvalue weighted by molar-refractivity contribution is 9.10. The van der Waals surface area contributed by atoms with E-state index in [0.717, 1.165) is 6.26 Å². The van der Waals surface area contributed by atoms with Crippen LogP contribution in [0.15, 0.2) is 30.3 Å². The maximum Gasteiger partial charge on any atom is 0.264 e. The van der Waals surface area contributed by atoms with Gasteiger partial charge in [-0.15, -0.1) is 0 Å². The number of carbonyl (C=O) groups excluding carboxylic acids is 1. The average Bonchev–Trinajstić information content (AvgIpc) is 2.26. The number of alkyl halides is 1. The van der Waals surface area contributed by atoms with Gasteiger partial charge in [0.15, 0.2) is 5.78 Å². The van der Waals surface area contributed by atoms with E-state index in [9.17, 15) is 13.2 Å². The van der Waals surface area contributed by atoms with Crippen LogP contribution in [-0.4, -0.2) is 31.4 Å². The molecule has 0 saturated carbocycles. The van der Waals surface area contributed by atoms with Gasteiger partial charge in [-0.3, -0.25) is 8.98 Å². The van der Waals surface area contributed by atoms with Gasteiger partial charge in [0.25, 0.3) is 10.1 Å². The third kappa shape index (κ3) is 4.57. The van der Waals surface area contributed by atoms with E-state index in [0.29, 0.717) is 5.56 Å². The van der Waals surface area contributed by atoms with Gasteiger partial charge in [-0.1, -0.05) is 46.3 Å². The molecule has 0 heterocycles. The van der Waals surface area contributed by atoms with Crippen LogP contribution in [0.2, 0.25) is 0 Å². The molecule has 0 N–H and O–H groups in total. The van der Waals surface area contributed by atoms with Crippen molar-refractivity contribution in [1.29, 1.82) is 0 Å². The Bertz CT molecular complexity index is 493. The highest BCUT2D eigenvalue weighted by Gasteiger charge is 2.32. The van der Waals surface area contributed by atoms with Crippen LogP contribution in [0.25, 0.3) is 0 Å². The molecule has 1 aromatic carbocycles. The van der Waals surface area contributed by atoms with Gasteiger partial charge in [0.1, 0.15) is 4.32 Å². The van der Waals surface area contributed by atoms with Crippen LogP contribution < -0.4 is 0 Å². The van der Waals surface area contributed by atoms with Crippen molar-refractivity contribution >= 4 is 31.8 Å². The first-order valence-electron chi connectivity index (χ1n) is 4.85. The molecule has 0 aliphatic heterocycles. The second-order valence-electron chi connectivity index (χ2n) is 3.86. The number of carbonyl (C=O) groups is 1. The zero-order valence-electron chi connectivity index (χ0n) is 9.51. The molecule has 0 aliphatic carbocycles. The van der Waals surface area contributed by atoms with E-state index < -0.39 is 14.4 Å². The van der Waals surface area contributed by atoms with Gasteiger partial charge in [0.05, 0.1) is 12.9 Å². The third-order valence-electron chi connectivity index (χ3n) is 2.05. The molecule has 1 rings (SSSR count). The molecular weight excluding hydrogens is 308 g/mol. The molecular formula is C11H13BrO4S. The summed E-state index contributed by atoms with van der Waals surface area (Å²) in [6.07, 6.45) is 0.947. The Balaban J connectivity index is 2.81. The molecule has 17 heavy (non-hydrogen) atoms. The van der Waals surface area contributed by atoms with Crippen LogP contribution in [0.4, 0.5) is 0 Å². The Kier molecular flexibility index (Phi) is 4.46. The lowest BCUT2D eigenvalue weighted by molar-refractivity contribution is 0.0926. The molecule has 0 amide bonds. The molecule has 0 saturated heterocycles. The van der Waals surface area contributed by atoms with Gasteiger partial charge in [0.2, 0.25) is 0 Å². The Labute approximate surface area is 109 Å². The molecule has 6 heteroatoms. The fraction of sp³-hybridized carbons (Fsp3) is 0.364. The summed E-state index contributed by atoms with van der Waals surface area (Å²) < 4.78 is 25.3. The maximum atomic E-state index is 12.1. The minimum Gasteiger partial charge on any atom is -0.293 e. The molecule has 0 fully saturated rings. The second kappa shape index (κ2) is 5.29. The number of hydrogen-bond donors (Lipinski definition) is 0. The van der Waals surface area contributed by atoms with Crippen LogP contribution >= 0.6 is 15.9 Å². The molecule has 94 valence electrons. The largest absolute Gasteiger partial charge is 0.293 e. The first-order valence-corrected chi connectivity index (χ1v) is 7.46. The molecule has 0 aromatic heterocycles. The van der Waals surface area contributed by atoms with Crippen molar-refractivity contribution in [1.82, 2.24) is 0 Å². The van der Waals surface area contributed by atoms with Gasteiger partial charge in [-0.05, 0) is 6.92 Å². The zero-order chi connectivity index (χ0) is 13.1.